The summed E-state index contributed by atoms with van der Waals surface area (Å²) in [4.78, 5) is 30.5. The minimum absolute atomic E-state index is 0.0245. The van der Waals surface area contributed by atoms with E-state index >= 15 is 0 Å². The summed E-state index contributed by atoms with van der Waals surface area (Å²) in [6.45, 7) is -0.124. The fraction of sp³-hybridized carbons (Fsp3) is 0.667. The third kappa shape index (κ3) is 1.09. The SMILES string of the molecule is O=NN1CCN([N+](=O)[O-])C1=O. The van der Waals surface area contributed by atoms with Crippen molar-refractivity contribution >= 4 is 6.03 Å². The Kier molecular flexibility index (Phi) is 1.66. The molecule has 8 nitrogen and oxygen atoms in total. The van der Waals surface area contributed by atoms with E-state index in [1.807, 2.05) is 0 Å². The van der Waals surface area contributed by atoms with E-state index in [-0.39, 0.29) is 13.1 Å². The molecule has 0 N–H and O–H groups in total. The minimum Gasteiger partial charge on any atom is -0.240 e. The number of carbonyl (C=O) groups is 1. The molecule has 0 aromatic heterocycles. The van der Waals surface area contributed by atoms with Crippen LogP contribution >= 0.6 is 0 Å². The monoisotopic (exact) mass is 160 g/mol. The Morgan fingerprint density at radius 1 is 1.55 bits per heavy atom. The Balaban J connectivity index is 2.70. The van der Waals surface area contributed by atoms with Crippen molar-refractivity contribution < 1.29 is 9.83 Å². The highest BCUT2D eigenvalue weighted by Crippen LogP contribution is 2.07. The van der Waals surface area contributed by atoms with Crippen LogP contribution in [0.25, 0.3) is 0 Å². The molecule has 0 radical (unpaired) electrons. The number of hydrogen-bond acceptors (Lipinski definition) is 5. The summed E-state index contributed by atoms with van der Waals surface area (Å²) >= 11 is 0. The van der Waals surface area contributed by atoms with Gasteiger partial charge in [0.1, 0.15) is 6.54 Å². The summed E-state index contributed by atoms with van der Waals surface area (Å²) in [7, 11) is 0. The Bertz CT molecular complexity index is 215. The zero-order chi connectivity index (χ0) is 8.43. The topological polar surface area (TPSA) is 96.1 Å². The highest BCUT2D eigenvalue weighted by molar-refractivity contribution is 5.74. The van der Waals surface area contributed by atoms with E-state index in [9.17, 15) is 19.8 Å². The largest absolute Gasteiger partial charge is 0.400 e. The maximum absolute atomic E-state index is 10.7. The summed E-state index contributed by atoms with van der Waals surface area (Å²) in [5.41, 5.74) is 0. The normalized spacial score (nSPS) is 17.3. The van der Waals surface area contributed by atoms with Crippen LogP contribution < -0.4 is 0 Å². The molecule has 0 atom stereocenters. The molecule has 8 heteroatoms. The Labute approximate surface area is 60.4 Å². The van der Waals surface area contributed by atoms with Crippen LogP contribution in [0.1, 0.15) is 0 Å². The number of hydrogen-bond donors (Lipinski definition) is 0. The van der Waals surface area contributed by atoms with Crippen LogP contribution in [0, 0.1) is 15.0 Å². The summed E-state index contributed by atoms with van der Waals surface area (Å²) in [5, 5.41) is 12.3. The van der Waals surface area contributed by atoms with Gasteiger partial charge in [-0.2, -0.15) is 5.01 Å². The lowest BCUT2D eigenvalue weighted by Gasteiger charge is -2.01. The van der Waals surface area contributed by atoms with Gasteiger partial charge in [0, 0.05) is 0 Å². The average Bonchev–Trinajstić information content (AvgIpc) is 2.30. The van der Waals surface area contributed by atoms with Crippen LogP contribution in [0.15, 0.2) is 5.29 Å². The minimum atomic E-state index is -0.981. The highest BCUT2D eigenvalue weighted by atomic mass is 16.7. The molecule has 0 bridgehead atoms. The molecular weight excluding hydrogens is 156 g/mol. The van der Waals surface area contributed by atoms with Gasteiger partial charge >= 0.3 is 6.03 Å². The molecule has 1 rings (SSSR count). The number of rotatable bonds is 2. The van der Waals surface area contributed by atoms with Crippen LogP contribution in [0.4, 0.5) is 4.79 Å². The molecule has 0 aliphatic carbocycles. The fourth-order valence-electron chi connectivity index (χ4n) is 0.741. The van der Waals surface area contributed by atoms with Crippen LogP contribution in [0.3, 0.4) is 0 Å². The van der Waals surface area contributed by atoms with Gasteiger partial charge in [-0.1, -0.05) is 0 Å². The lowest BCUT2D eigenvalue weighted by molar-refractivity contribution is -0.629. The lowest BCUT2D eigenvalue weighted by Crippen LogP contribution is -2.33. The zero-order valence-electron chi connectivity index (χ0n) is 5.34. The van der Waals surface area contributed by atoms with Crippen molar-refractivity contribution in [1.29, 1.82) is 0 Å². The van der Waals surface area contributed by atoms with Crippen molar-refractivity contribution in [3.63, 3.8) is 0 Å². The van der Waals surface area contributed by atoms with E-state index in [4.69, 9.17) is 0 Å². The van der Waals surface area contributed by atoms with E-state index in [2.05, 4.69) is 5.29 Å². The van der Waals surface area contributed by atoms with Gasteiger partial charge in [-0.25, -0.2) is 14.9 Å². The number of urea groups is 1. The molecule has 1 saturated heterocycles. The molecule has 0 aromatic carbocycles. The number of hydrazine groups is 1. The molecule has 0 aromatic rings. The van der Waals surface area contributed by atoms with Gasteiger partial charge in [0.15, 0.2) is 5.03 Å². The number of nitro groups is 1. The first-order chi connectivity index (χ1) is 5.16. The smallest absolute Gasteiger partial charge is 0.240 e. The fourth-order valence-corrected chi connectivity index (χ4v) is 0.741. The first kappa shape index (κ1) is 7.38. The van der Waals surface area contributed by atoms with Crippen molar-refractivity contribution in [3.8, 4) is 0 Å². The van der Waals surface area contributed by atoms with Crippen molar-refractivity contribution in [2.75, 3.05) is 13.1 Å². The second-order valence-electron chi connectivity index (χ2n) is 1.85. The second kappa shape index (κ2) is 2.48. The molecular formula is C3H4N4O4. The van der Waals surface area contributed by atoms with E-state index < -0.39 is 11.1 Å². The Morgan fingerprint density at radius 3 is 2.45 bits per heavy atom. The van der Waals surface area contributed by atoms with Crippen LogP contribution in [0.5, 0.6) is 0 Å². The molecule has 1 fully saturated rings. The number of carbonyl (C=O) groups excluding carboxylic acids is 1. The molecule has 60 valence electrons. The van der Waals surface area contributed by atoms with Crippen molar-refractivity contribution in [3.05, 3.63) is 15.0 Å². The molecule has 11 heavy (non-hydrogen) atoms. The van der Waals surface area contributed by atoms with E-state index in [0.717, 1.165) is 0 Å². The number of nitroso groups, excluding NO2 is 1. The van der Waals surface area contributed by atoms with E-state index in [0.29, 0.717) is 10.0 Å². The van der Waals surface area contributed by atoms with Gasteiger partial charge in [0.05, 0.1) is 11.8 Å². The predicted octanol–water partition coefficient (Wildman–Crippen LogP) is -0.403. The lowest BCUT2D eigenvalue weighted by atomic mass is 10.7. The average molecular weight is 160 g/mol. The van der Waals surface area contributed by atoms with Gasteiger partial charge in [-0.3, -0.25) is 0 Å². The first-order valence-electron chi connectivity index (χ1n) is 2.73. The second-order valence-corrected chi connectivity index (χ2v) is 1.85. The molecule has 0 saturated carbocycles. The van der Waals surface area contributed by atoms with Gasteiger partial charge in [0.25, 0.3) is 0 Å². The predicted molar refractivity (Wildman–Crippen MR) is 31.6 cm³/mol. The van der Waals surface area contributed by atoms with Gasteiger partial charge in [0.2, 0.25) is 0 Å². The first-order valence-corrected chi connectivity index (χ1v) is 2.73. The van der Waals surface area contributed by atoms with Crippen LogP contribution in [-0.2, 0) is 0 Å². The Hall–Kier alpha value is -1.73. The van der Waals surface area contributed by atoms with Crippen molar-refractivity contribution in [2.24, 2.45) is 5.29 Å². The van der Waals surface area contributed by atoms with Crippen molar-refractivity contribution in [1.82, 2.24) is 10.0 Å². The van der Waals surface area contributed by atoms with Crippen LogP contribution in [0.2, 0.25) is 0 Å². The van der Waals surface area contributed by atoms with Crippen LogP contribution in [-0.4, -0.2) is 34.2 Å². The quantitative estimate of drug-likeness (QED) is 0.311. The zero-order valence-corrected chi connectivity index (χ0v) is 5.34. The third-order valence-corrected chi connectivity index (χ3v) is 1.26. The maximum Gasteiger partial charge on any atom is 0.400 e. The number of amides is 2. The molecule has 1 aliphatic heterocycles. The maximum atomic E-state index is 10.7. The summed E-state index contributed by atoms with van der Waals surface area (Å²) in [5.74, 6) is 0. The van der Waals surface area contributed by atoms with Crippen molar-refractivity contribution in [2.45, 2.75) is 0 Å². The standard InChI is InChI=1S/C3H4N4O4/c8-3-5(4-9)1-2-6(3)7(10)11/h1-2H2. The summed E-state index contributed by atoms with van der Waals surface area (Å²) < 4.78 is 0. The third-order valence-electron chi connectivity index (χ3n) is 1.26. The van der Waals surface area contributed by atoms with Gasteiger partial charge in [-0.15, -0.1) is 4.91 Å². The summed E-state index contributed by atoms with van der Waals surface area (Å²) in [6, 6.07) is -0.981. The Morgan fingerprint density at radius 2 is 2.18 bits per heavy atom. The van der Waals surface area contributed by atoms with Gasteiger partial charge in [-0.05, 0) is 5.01 Å². The molecule has 2 amide bonds. The number of nitrogens with zero attached hydrogens (tertiary/aromatic N) is 4. The van der Waals surface area contributed by atoms with E-state index in [1.54, 1.807) is 0 Å². The molecule has 0 unspecified atom stereocenters. The molecule has 1 heterocycles. The molecule has 1 aliphatic rings. The van der Waals surface area contributed by atoms with Gasteiger partial charge < -0.3 is 0 Å². The molecule has 0 spiro atoms. The summed E-state index contributed by atoms with van der Waals surface area (Å²) in [6.07, 6.45) is 0. The highest BCUT2D eigenvalue weighted by Gasteiger charge is 2.37. The van der Waals surface area contributed by atoms with E-state index in [1.165, 1.54) is 0 Å².